The van der Waals surface area contributed by atoms with Crippen LogP contribution in [0.3, 0.4) is 0 Å². The van der Waals surface area contributed by atoms with E-state index in [9.17, 15) is 4.79 Å². The molecule has 2 N–H and O–H groups in total. The van der Waals surface area contributed by atoms with Crippen LogP contribution in [0.1, 0.15) is 18.4 Å². The highest BCUT2D eigenvalue weighted by atomic mass is 32.2. The third kappa shape index (κ3) is 5.38. The fourth-order valence-corrected chi connectivity index (χ4v) is 3.70. The summed E-state index contributed by atoms with van der Waals surface area (Å²) in [4.78, 5) is 11.9. The predicted octanol–water partition coefficient (Wildman–Crippen LogP) is 2.57. The first kappa shape index (κ1) is 17.0. The maximum absolute atomic E-state index is 11.9. The Kier molecular flexibility index (Phi) is 5.92. The molecule has 0 spiro atoms. The Morgan fingerprint density at radius 3 is 2.83 bits per heavy atom. The number of aromatic nitrogens is 2. The van der Waals surface area contributed by atoms with E-state index in [1.165, 1.54) is 41.5 Å². The Morgan fingerprint density at radius 1 is 1.33 bits per heavy atom. The number of carbonyl (C=O) groups is 1. The van der Waals surface area contributed by atoms with Crippen molar-refractivity contribution >= 4 is 34.1 Å². The highest BCUT2D eigenvalue weighted by Crippen LogP contribution is 2.29. The first-order valence-electron chi connectivity index (χ1n) is 7.85. The number of rotatable bonds is 9. The fraction of sp³-hybridized carbons (Fsp3) is 0.438. The summed E-state index contributed by atoms with van der Waals surface area (Å²) in [6.45, 7) is 0.621. The topological polar surface area (TPSA) is 76.1 Å². The molecule has 1 aliphatic carbocycles. The zero-order valence-electron chi connectivity index (χ0n) is 13.4. The molecule has 1 saturated carbocycles. The van der Waals surface area contributed by atoms with Crippen LogP contribution >= 0.6 is 23.1 Å². The van der Waals surface area contributed by atoms with Crippen molar-refractivity contribution in [3.63, 3.8) is 0 Å². The summed E-state index contributed by atoms with van der Waals surface area (Å²) in [7, 11) is 1.65. The van der Waals surface area contributed by atoms with E-state index in [4.69, 9.17) is 4.74 Å². The normalized spacial score (nSPS) is 13.5. The van der Waals surface area contributed by atoms with Crippen molar-refractivity contribution in [3.8, 4) is 5.75 Å². The van der Waals surface area contributed by atoms with Crippen molar-refractivity contribution in [2.45, 2.75) is 29.6 Å². The van der Waals surface area contributed by atoms with Crippen LogP contribution in [0.25, 0.3) is 0 Å². The van der Waals surface area contributed by atoms with Crippen molar-refractivity contribution in [2.75, 3.05) is 24.7 Å². The minimum atomic E-state index is 0.0143. The Balaban J connectivity index is 1.33. The number of ether oxygens (including phenoxy) is 1. The van der Waals surface area contributed by atoms with Gasteiger partial charge in [0.15, 0.2) is 4.34 Å². The molecule has 0 unspecified atom stereocenters. The maximum Gasteiger partial charge on any atom is 0.230 e. The second-order valence-electron chi connectivity index (χ2n) is 5.53. The van der Waals surface area contributed by atoms with Gasteiger partial charge in [-0.1, -0.05) is 35.2 Å². The summed E-state index contributed by atoms with van der Waals surface area (Å²) >= 11 is 2.93. The quantitative estimate of drug-likeness (QED) is 0.666. The van der Waals surface area contributed by atoms with Crippen molar-refractivity contribution in [3.05, 3.63) is 29.8 Å². The second-order valence-corrected chi connectivity index (χ2v) is 7.73. The number of amides is 1. The smallest absolute Gasteiger partial charge is 0.230 e. The molecule has 1 aromatic carbocycles. The summed E-state index contributed by atoms with van der Waals surface area (Å²) < 4.78 is 5.95. The van der Waals surface area contributed by atoms with Gasteiger partial charge in [0.1, 0.15) is 5.75 Å². The third-order valence-corrected chi connectivity index (χ3v) is 5.52. The van der Waals surface area contributed by atoms with E-state index in [1.54, 1.807) is 7.11 Å². The van der Waals surface area contributed by atoms with Crippen LogP contribution < -0.4 is 15.4 Å². The van der Waals surface area contributed by atoms with Gasteiger partial charge >= 0.3 is 0 Å². The largest absolute Gasteiger partial charge is 0.497 e. The number of carbonyl (C=O) groups excluding carboxylic acids is 1. The number of anilines is 1. The number of nitrogens with one attached hydrogen (secondary N) is 2. The average Bonchev–Trinajstić information content (AvgIpc) is 3.30. The van der Waals surface area contributed by atoms with Crippen LogP contribution in [0.4, 0.5) is 5.13 Å². The van der Waals surface area contributed by atoms with Crippen LogP contribution in [-0.4, -0.2) is 41.6 Å². The fourth-order valence-electron chi connectivity index (χ4n) is 2.05. The number of methoxy groups -OCH3 is 1. The molecule has 0 bridgehead atoms. The summed E-state index contributed by atoms with van der Waals surface area (Å²) in [5, 5.41) is 15.3. The molecule has 0 radical (unpaired) electrons. The number of nitrogens with zero attached hydrogens (tertiary/aromatic N) is 2. The molecule has 0 atom stereocenters. The van der Waals surface area contributed by atoms with Crippen LogP contribution in [0.5, 0.6) is 5.75 Å². The van der Waals surface area contributed by atoms with Gasteiger partial charge < -0.3 is 15.4 Å². The number of benzene rings is 1. The van der Waals surface area contributed by atoms with Crippen molar-refractivity contribution in [2.24, 2.45) is 0 Å². The summed E-state index contributed by atoms with van der Waals surface area (Å²) in [5.74, 6) is 1.22. The van der Waals surface area contributed by atoms with Gasteiger partial charge in [-0.25, -0.2) is 0 Å². The minimum Gasteiger partial charge on any atom is -0.497 e. The lowest BCUT2D eigenvalue weighted by atomic mass is 10.1. The van der Waals surface area contributed by atoms with Crippen molar-refractivity contribution < 1.29 is 9.53 Å². The van der Waals surface area contributed by atoms with Gasteiger partial charge in [-0.3, -0.25) is 4.79 Å². The molecule has 1 aliphatic rings. The number of hydrogen-bond acceptors (Lipinski definition) is 7. The van der Waals surface area contributed by atoms with E-state index >= 15 is 0 Å². The van der Waals surface area contributed by atoms with Crippen molar-refractivity contribution in [1.29, 1.82) is 0 Å². The summed E-state index contributed by atoms with van der Waals surface area (Å²) in [6.07, 6.45) is 3.21. The Hall–Kier alpha value is -1.80. The van der Waals surface area contributed by atoms with Crippen molar-refractivity contribution in [1.82, 2.24) is 15.5 Å². The maximum atomic E-state index is 11.9. The third-order valence-electron chi connectivity index (χ3n) is 3.53. The molecular formula is C16H20N4O2S2. The molecule has 1 fully saturated rings. The highest BCUT2D eigenvalue weighted by Gasteiger charge is 2.22. The lowest BCUT2D eigenvalue weighted by Gasteiger charge is -2.05. The molecule has 24 heavy (non-hydrogen) atoms. The van der Waals surface area contributed by atoms with Crippen LogP contribution in [0, 0.1) is 0 Å². The molecule has 1 aromatic heterocycles. The van der Waals surface area contributed by atoms with Gasteiger partial charge in [0.2, 0.25) is 11.0 Å². The zero-order chi connectivity index (χ0) is 16.8. The number of hydrogen-bond donors (Lipinski definition) is 2. The number of thioether (sulfide) groups is 1. The SMILES string of the molecule is COc1ccc(CCNC(=O)CSc2nnc(NC3CC3)s2)cc1. The van der Waals surface area contributed by atoms with Gasteiger partial charge in [-0.2, -0.15) is 0 Å². The first-order valence-corrected chi connectivity index (χ1v) is 9.65. The molecule has 8 heteroatoms. The van der Waals surface area contributed by atoms with Crippen LogP contribution in [-0.2, 0) is 11.2 Å². The summed E-state index contributed by atoms with van der Waals surface area (Å²) in [5.41, 5.74) is 1.17. The Bertz CT molecular complexity index is 671. The van der Waals surface area contributed by atoms with E-state index in [1.807, 2.05) is 24.3 Å². The molecule has 6 nitrogen and oxygen atoms in total. The lowest BCUT2D eigenvalue weighted by Crippen LogP contribution is -2.27. The van der Waals surface area contributed by atoms with Gasteiger partial charge in [0.25, 0.3) is 0 Å². The second kappa shape index (κ2) is 8.34. The Morgan fingerprint density at radius 2 is 2.12 bits per heavy atom. The summed E-state index contributed by atoms with van der Waals surface area (Å²) in [6, 6.07) is 8.44. The lowest BCUT2D eigenvalue weighted by molar-refractivity contribution is -0.118. The molecule has 0 saturated heterocycles. The van der Waals surface area contributed by atoms with Gasteiger partial charge in [-0.15, -0.1) is 10.2 Å². The molecule has 3 rings (SSSR count). The predicted molar refractivity (Wildman–Crippen MR) is 97.0 cm³/mol. The molecule has 1 amide bonds. The molecule has 0 aliphatic heterocycles. The molecule has 128 valence electrons. The van der Waals surface area contributed by atoms with Crippen LogP contribution in [0.2, 0.25) is 0 Å². The highest BCUT2D eigenvalue weighted by molar-refractivity contribution is 8.01. The van der Waals surface area contributed by atoms with E-state index in [0.717, 1.165) is 21.6 Å². The van der Waals surface area contributed by atoms with Gasteiger partial charge in [-0.05, 0) is 37.0 Å². The zero-order valence-corrected chi connectivity index (χ0v) is 15.1. The average molecular weight is 364 g/mol. The monoisotopic (exact) mass is 364 g/mol. The van der Waals surface area contributed by atoms with E-state index in [-0.39, 0.29) is 5.91 Å². The van der Waals surface area contributed by atoms with E-state index < -0.39 is 0 Å². The standard InChI is InChI=1S/C16H20N4O2S2/c1-22-13-6-2-11(3-7-13)8-9-17-14(21)10-23-16-20-19-15(24-16)18-12-4-5-12/h2-3,6-7,12H,4-5,8-10H2,1H3,(H,17,21)(H,18,19). The van der Waals surface area contributed by atoms with E-state index in [2.05, 4.69) is 20.8 Å². The first-order chi connectivity index (χ1) is 11.7. The van der Waals surface area contributed by atoms with Crippen LogP contribution in [0.15, 0.2) is 28.6 Å². The molecule has 1 heterocycles. The van der Waals surface area contributed by atoms with Gasteiger partial charge in [0.05, 0.1) is 12.9 Å². The Labute approximate surface area is 149 Å². The van der Waals surface area contributed by atoms with E-state index in [0.29, 0.717) is 18.3 Å². The molecular weight excluding hydrogens is 344 g/mol. The molecule has 2 aromatic rings. The van der Waals surface area contributed by atoms with Gasteiger partial charge in [0, 0.05) is 12.6 Å². The minimum absolute atomic E-state index is 0.0143.